The first-order valence-electron chi connectivity index (χ1n) is 6.19. The fraction of sp³-hybridized carbons (Fsp3) is 0.538. The van der Waals surface area contributed by atoms with E-state index in [1.54, 1.807) is 6.07 Å². The van der Waals surface area contributed by atoms with E-state index in [0.717, 1.165) is 0 Å². The van der Waals surface area contributed by atoms with Crippen molar-refractivity contribution in [2.24, 2.45) is 0 Å². The van der Waals surface area contributed by atoms with Gasteiger partial charge in [0.2, 0.25) is 0 Å². The summed E-state index contributed by atoms with van der Waals surface area (Å²) in [5, 5.41) is 10.8. The zero-order chi connectivity index (χ0) is 14.5. The highest BCUT2D eigenvalue weighted by atomic mass is 16.7. The van der Waals surface area contributed by atoms with Crippen LogP contribution in [0.5, 0.6) is 5.75 Å². The lowest BCUT2D eigenvalue weighted by Gasteiger charge is -2.37. The van der Waals surface area contributed by atoms with Crippen LogP contribution >= 0.6 is 0 Å². The van der Waals surface area contributed by atoms with Crippen LogP contribution in [0.2, 0.25) is 0 Å². The maximum atomic E-state index is 10.8. The Hall–Kier alpha value is -1.70. The minimum Gasteiger partial charge on any atom is -0.479 e. The van der Waals surface area contributed by atoms with Crippen molar-refractivity contribution >= 4 is 5.69 Å². The largest absolute Gasteiger partial charge is 0.479 e. The Labute approximate surface area is 115 Å². The minimum atomic E-state index is -0.780. The number of rotatable bonds is 4. The summed E-state index contributed by atoms with van der Waals surface area (Å²) in [7, 11) is 3.07. The quantitative estimate of drug-likeness (QED) is 0.362. The number of ether oxygens (including phenoxy) is 4. The number of nitrogens with zero attached hydrogens (tertiary/aromatic N) is 1. The van der Waals surface area contributed by atoms with Crippen molar-refractivity contribution in [1.29, 1.82) is 0 Å². The van der Waals surface area contributed by atoms with Crippen LogP contribution in [0, 0.1) is 10.1 Å². The van der Waals surface area contributed by atoms with E-state index in [1.807, 2.05) is 6.92 Å². The molecule has 2 aliphatic rings. The van der Waals surface area contributed by atoms with Crippen molar-refractivity contribution in [2.75, 3.05) is 14.2 Å². The molecular weight excluding hydrogens is 266 g/mol. The molecule has 0 spiro atoms. The van der Waals surface area contributed by atoms with Crippen LogP contribution in [-0.4, -0.2) is 37.1 Å². The van der Waals surface area contributed by atoms with E-state index < -0.39 is 16.8 Å². The third-order valence-corrected chi connectivity index (χ3v) is 3.79. The van der Waals surface area contributed by atoms with Gasteiger partial charge in [0, 0.05) is 31.9 Å². The molecule has 7 nitrogen and oxygen atoms in total. The lowest BCUT2D eigenvalue weighted by atomic mass is 9.91. The normalized spacial score (nSPS) is 30.4. The molecule has 2 aliphatic heterocycles. The predicted octanol–water partition coefficient (Wildman–Crippen LogP) is 1.80. The van der Waals surface area contributed by atoms with Crippen LogP contribution < -0.4 is 4.74 Å². The summed E-state index contributed by atoms with van der Waals surface area (Å²) in [6.45, 7) is 1.85. The van der Waals surface area contributed by atoms with E-state index in [1.165, 1.54) is 26.4 Å². The molecule has 0 unspecified atom stereocenters. The van der Waals surface area contributed by atoms with Crippen molar-refractivity contribution in [3.05, 3.63) is 33.9 Å². The maximum Gasteiger partial charge on any atom is 0.270 e. The second-order valence-electron chi connectivity index (χ2n) is 5.05. The highest BCUT2D eigenvalue weighted by Crippen LogP contribution is 2.55. The van der Waals surface area contributed by atoms with Gasteiger partial charge in [-0.15, -0.1) is 0 Å². The summed E-state index contributed by atoms with van der Waals surface area (Å²) in [4.78, 5) is 10.4. The SMILES string of the molecule is COC(OC)[C@@]1(C)Oc2ccc([N+](=O)[O-])cc2[C@@H]2O[C@@H]21. The number of nitro groups is 1. The van der Waals surface area contributed by atoms with Crippen molar-refractivity contribution in [2.45, 2.75) is 31.0 Å². The third kappa shape index (κ3) is 1.78. The van der Waals surface area contributed by atoms with E-state index in [2.05, 4.69) is 0 Å². The first-order valence-corrected chi connectivity index (χ1v) is 6.19. The van der Waals surface area contributed by atoms with E-state index in [0.29, 0.717) is 11.3 Å². The van der Waals surface area contributed by atoms with Crippen LogP contribution in [0.25, 0.3) is 0 Å². The van der Waals surface area contributed by atoms with Crippen LogP contribution in [-0.2, 0) is 14.2 Å². The van der Waals surface area contributed by atoms with Gasteiger partial charge in [0.05, 0.1) is 4.92 Å². The summed E-state index contributed by atoms with van der Waals surface area (Å²) >= 11 is 0. The molecule has 0 aliphatic carbocycles. The Balaban J connectivity index is 1.97. The van der Waals surface area contributed by atoms with E-state index in [4.69, 9.17) is 18.9 Å². The first kappa shape index (κ1) is 13.3. The van der Waals surface area contributed by atoms with Gasteiger partial charge >= 0.3 is 0 Å². The molecule has 0 N–H and O–H groups in total. The van der Waals surface area contributed by atoms with E-state index >= 15 is 0 Å². The number of benzene rings is 1. The zero-order valence-electron chi connectivity index (χ0n) is 11.4. The Bertz CT molecular complexity index is 558. The number of non-ortho nitro benzene ring substituents is 1. The smallest absolute Gasteiger partial charge is 0.270 e. The van der Waals surface area contributed by atoms with Gasteiger partial charge < -0.3 is 18.9 Å². The molecule has 0 bridgehead atoms. The van der Waals surface area contributed by atoms with Crippen LogP contribution in [0.3, 0.4) is 0 Å². The Kier molecular flexibility index (Phi) is 2.93. The molecule has 0 radical (unpaired) electrons. The molecule has 7 heteroatoms. The molecule has 3 rings (SSSR count). The number of hydrogen-bond acceptors (Lipinski definition) is 6. The van der Waals surface area contributed by atoms with Gasteiger partial charge in [0.25, 0.3) is 5.69 Å². The van der Waals surface area contributed by atoms with Gasteiger partial charge in [-0.25, -0.2) is 0 Å². The average molecular weight is 281 g/mol. The standard InChI is InChI=1S/C13H15NO6/c1-13(12(17-2)18-3)11-10(19-11)8-6-7(14(15)16)4-5-9(8)20-13/h4-6,10-12H,1-3H3/t10-,11-,13-/m0/s1. The molecule has 1 saturated heterocycles. The van der Waals surface area contributed by atoms with Gasteiger partial charge in [-0.05, 0) is 13.0 Å². The zero-order valence-corrected chi connectivity index (χ0v) is 11.4. The molecule has 1 fully saturated rings. The molecule has 20 heavy (non-hydrogen) atoms. The van der Waals surface area contributed by atoms with Crippen molar-refractivity contribution < 1.29 is 23.9 Å². The second kappa shape index (κ2) is 4.41. The first-order chi connectivity index (χ1) is 9.51. The van der Waals surface area contributed by atoms with Crippen molar-refractivity contribution in [1.82, 2.24) is 0 Å². The van der Waals surface area contributed by atoms with Gasteiger partial charge in [-0.3, -0.25) is 10.1 Å². The number of methoxy groups -OCH3 is 2. The Morgan fingerprint density at radius 3 is 2.70 bits per heavy atom. The number of hydrogen-bond donors (Lipinski definition) is 0. The fourth-order valence-corrected chi connectivity index (χ4v) is 2.79. The molecule has 3 atom stereocenters. The van der Waals surface area contributed by atoms with Gasteiger partial charge in [-0.2, -0.15) is 0 Å². The summed E-state index contributed by atoms with van der Waals surface area (Å²) in [6.07, 6.45) is -1.03. The van der Waals surface area contributed by atoms with Crippen LogP contribution in [0.1, 0.15) is 18.6 Å². The maximum absolute atomic E-state index is 10.8. The molecule has 1 aromatic rings. The monoisotopic (exact) mass is 281 g/mol. The Morgan fingerprint density at radius 1 is 1.40 bits per heavy atom. The Morgan fingerprint density at radius 2 is 2.10 bits per heavy atom. The summed E-state index contributed by atoms with van der Waals surface area (Å²) in [5.41, 5.74) is -0.0509. The lowest BCUT2D eigenvalue weighted by molar-refractivity contribution is -0.385. The van der Waals surface area contributed by atoms with E-state index in [9.17, 15) is 10.1 Å². The predicted molar refractivity (Wildman–Crippen MR) is 67.5 cm³/mol. The molecule has 0 aromatic heterocycles. The molecular formula is C13H15NO6. The molecule has 108 valence electrons. The number of epoxide rings is 1. The number of fused-ring (bicyclic) bond motifs is 3. The third-order valence-electron chi connectivity index (χ3n) is 3.79. The summed E-state index contributed by atoms with van der Waals surface area (Å²) in [5.74, 6) is 0.566. The van der Waals surface area contributed by atoms with E-state index in [-0.39, 0.29) is 17.9 Å². The average Bonchev–Trinajstić information content (AvgIpc) is 3.21. The molecule has 0 amide bonds. The fourth-order valence-electron chi connectivity index (χ4n) is 2.79. The highest BCUT2D eigenvalue weighted by Gasteiger charge is 2.63. The van der Waals surface area contributed by atoms with Crippen LogP contribution in [0.4, 0.5) is 5.69 Å². The number of nitro benzene ring substituents is 1. The van der Waals surface area contributed by atoms with Gasteiger partial charge in [0.1, 0.15) is 18.0 Å². The summed E-state index contributed by atoms with van der Waals surface area (Å²) in [6, 6.07) is 4.50. The topological polar surface area (TPSA) is 83.4 Å². The summed E-state index contributed by atoms with van der Waals surface area (Å²) < 4.78 is 22.1. The molecule has 2 heterocycles. The minimum absolute atomic E-state index is 0.0280. The lowest BCUT2D eigenvalue weighted by Crippen LogP contribution is -2.53. The van der Waals surface area contributed by atoms with Crippen molar-refractivity contribution in [3.8, 4) is 5.75 Å². The second-order valence-corrected chi connectivity index (χ2v) is 5.05. The molecule has 0 saturated carbocycles. The van der Waals surface area contributed by atoms with Gasteiger partial charge in [0.15, 0.2) is 11.9 Å². The van der Waals surface area contributed by atoms with Gasteiger partial charge in [-0.1, -0.05) is 0 Å². The highest BCUT2D eigenvalue weighted by molar-refractivity contribution is 5.49. The molecule has 1 aromatic carbocycles. The van der Waals surface area contributed by atoms with Crippen LogP contribution in [0.15, 0.2) is 18.2 Å². The van der Waals surface area contributed by atoms with Crippen molar-refractivity contribution in [3.63, 3.8) is 0 Å².